The van der Waals surface area contributed by atoms with Crippen LogP contribution in [0.2, 0.25) is 0 Å². The molecule has 33 heavy (non-hydrogen) atoms. The highest BCUT2D eigenvalue weighted by Gasteiger charge is 2.48. The number of phenolic OH excluding ortho intramolecular Hbond substituents is 5. The molecule has 0 aliphatic carbocycles. The lowest BCUT2D eigenvalue weighted by molar-refractivity contribution is -0.331. The van der Waals surface area contributed by atoms with Crippen LogP contribution in [0.15, 0.2) is 30.0 Å². The maximum Gasteiger partial charge on any atom is 0.325 e. The summed E-state index contributed by atoms with van der Waals surface area (Å²) in [5.74, 6) is -3.08. The molecule has 2 aliphatic rings. The fourth-order valence-corrected chi connectivity index (χ4v) is 3.56. The number of rotatable bonds is 4. The van der Waals surface area contributed by atoms with Crippen LogP contribution in [0.5, 0.6) is 34.5 Å². The van der Waals surface area contributed by atoms with Crippen molar-refractivity contribution in [3.63, 3.8) is 0 Å². The summed E-state index contributed by atoms with van der Waals surface area (Å²) in [6.07, 6.45) is -6.43. The Balaban J connectivity index is 1.78. The van der Waals surface area contributed by atoms with Gasteiger partial charge in [-0.05, 0) is 36.2 Å². The van der Waals surface area contributed by atoms with E-state index in [1.54, 1.807) is 0 Å². The number of fused-ring (bicyclic) bond motifs is 1. The van der Waals surface area contributed by atoms with Gasteiger partial charge in [0.05, 0.1) is 6.61 Å². The number of hydrogen-bond donors (Lipinski definition) is 9. The average Bonchev–Trinajstić information content (AvgIpc) is 2.77. The van der Waals surface area contributed by atoms with Gasteiger partial charge in [-0.2, -0.15) is 0 Å². The van der Waals surface area contributed by atoms with E-state index in [9.17, 15) is 46.0 Å². The zero-order chi connectivity index (χ0) is 24.0. The molecule has 4 rings (SSSR count). The van der Waals surface area contributed by atoms with Crippen LogP contribution < -0.4 is 4.74 Å². The predicted octanol–water partition coefficient (Wildman–Crippen LogP) is -1.14. The third kappa shape index (κ3) is 4.01. The second kappa shape index (κ2) is 8.42. The molecule has 0 spiro atoms. The van der Waals surface area contributed by atoms with Crippen LogP contribution in [0.3, 0.4) is 0 Å². The number of aliphatic hydroxyl groups excluding tert-OH is 4. The molecule has 0 saturated carbocycles. The van der Waals surface area contributed by atoms with Gasteiger partial charge in [-0.15, -0.1) is 0 Å². The Labute approximate surface area is 186 Å². The van der Waals surface area contributed by atoms with Crippen LogP contribution in [0.1, 0.15) is 11.1 Å². The van der Waals surface area contributed by atoms with Gasteiger partial charge < -0.3 is 55.4 Å². The highest BCUT2D eigenvalue weighted by molar-refractivity contribution is 5.75. The van der Waals surface area contributed by atoms with E-state index in [4.69, 9.17) is 9.47 Å². The van der Waals surface area contributed by atoms with Crippen LogP contribution in [0.4, 0.5) is 0 Å². The zero-order valence-corrected chi connectivity index (χ0v) is 16.8. The fourth-order valence-electron chi connectivity index (χ4n) is 3.56. The molecule has 1 fully saturated rings. The number of phenols is 5. The summed E-state index contributed by atoms with van der Waals surface area (Å²) in [4.78, 5) is 0. The van der Waals surface area contributed by atoms with Crippen molar-refractivity contribution >= 4 is 5.76 Å². The first-order chi connectivity index (χ1) is 15.6. The monoisotopic (exact) mass is 466 g/mol. The van der Waals surface area contributed by atoms with Crippen molar-refractivity contribution < 1.29 is 60.2 Å². The van der Waals surface area contributed by atoms with Gasteiger partial charge in [-0.25, -0.2) is 0 Å². The lowest BCUT2D eigenvalue weighted by atomic mass is 9.98. The summed E-state index contributed by atoms with van der Waals surface area (Å²) in [6, 6.07) is 4.34. The van der Waals surface area contributed by atoms with E-state index < -0.39 is 54.6 Å². The summed E-state index contributed by atoms with van der Waals surface area (Å²) < 4.78 is 15.4. The SMILES string of the molecule is OC[C@H]1O[C@@H]([OH+]C2=C(c3cc(O)c(O)c(O)c3)Oc3cc(O)cc(O)c3[CH-]2)[C@H](O)[C@@H](O)[C@@H]1O. The lowest BCUT2D eigenvalue weighted by Crippen LogP contribution is -2.59. The van der Waals surface area contributed by atoms with E-state index in [2.05, 4.69) is 4.74 Å². The van der Waals surface area contributed by atoms with Crippen molar-refractivity contribution in [2.24, 2.45) is 0 Å². The minimum absolute atomic E-state index is 0.0101. The summed E-state index contributed by atoms with van der Waals surface area (Å²) in [6.45, 7) is -0.675. The minimum Gasteiger partial charge on any atom is -0.569 e. The van der Waals surface area contributed by atoms with Crippen molar-refractivity contribution in [3.05, 3.63) is 47.6 Å². The smallest absolute Gasteiger partial charge is 0.325 e. The number of hydrogen-bond acceptors (Lipinski definition) is 11. The van der Waals surface area contributed by atoms with Crippen molar-refractivity contribution in [1.82, 2.24) is 0 Å². The van der Waals surface area contributed by atoms with Crippen molar-refractivity contribution in [2.45, 2.75) is 30.7 Å². The third-order valence-corrected chi connectivity index (χ3v) is 5.30. The van der Waals surface area contributed by atoms with Gasteiger partial charge in [0.15, 0.2) is 23.4 Å². The zero-order valence-electron chi connectivity index (χ0n) is 16.8. The van der Waals surface area contributed by atoms with Crippen molar-refractivity contribution in [1.29, 1.82) is 0 Å². The predicted molar refractivity (Wildman–Crippen MR) is 108 cm³/mol. The molecule has 2 heterocycles. The van der Waals surface area contributed by atoms with Crippen LogP contribution in [-0.2, 0) is 4.74 Å². The van der Waals surface area contributed by atoms with Crippen molar-refractivity contribution in [2.75, 3.05) is 6.61 Å². The Hall–Kier alpha value is -3.55. The van der Waals surface area contributed by atoms with E-state index in [1.807, 2.05) is 0 Å². The Morgan fingerprint density at radius 1 is 0.848 bits per heavy atom. The summed E-state index contributed by atoms with van der Waals surface area (Å²) in [5, 5.41) is 89.2. The molecule has 178 valence electrons. The molecule has 1 saturated heterocycles. The normalized spacial score (nSPS) is 26.8. The minimum atomic E-state index is -1.71. The number of benzene rings is 2. The molecule has 2 aliphatic heterocycles. The summed E-state index contributed by atoms with van der Waals surface area (Å²) >= 11 is 0. The molecule has 0 amide bonds. The van der Waals surface area contributed by atoms with E-state index in [0.29, 0.717) is 0 Å². The van der Waals surface area contributed by atoms with E-state index in [1.165, 1.54) is 12.5 Å². The van der Waals surface area contributed by atoms with Gasteiger partial charge in [0.25, 0.3) is 0 Å². The number of allylic oxidation sites excluding steroid dienone is 1. The van der Waals surface area contributed by atoms with Crippen LogP contribution in [0.25, 0.3) is 5.76 Å². The molecular weight excluding hydrogens is 444 g/mol. The Morgan fingerprint density at radius 3 is 2.15 bits per heavy atom. The molecule has 12 nitrogen and oxygen atoms in total. The third-order valence-electron chi connectivity index (χ3n) is 5.30. The molecule has 0 radical (unpaired) electrons. The van der Waals surface area contributed by atoms with Crippen LogP contribution in [-0.4, -0.2) is 88.0 Å². The highest BCUT2D eigenvalue weighted by Crippen LogP contribution is 2.45. The van der Waals surface area contributed by atoms with Gasteiger partial charge >= 0.3 is 6.29 Å². The molecule has 2 aromatic rings. The first kappa shape index (κ1) is 22.6. The first-order valence-electron chi connectivity index (χ1n) is 9.70. The molecule has 0 unspecified atom stereocenters. The molecule has 5 atom stereocenters. The van der Waals surface area contributed by atoms with E-state index >= 15 is 0 Å². The molecule has 0 bridgehead atoms. The topological polar surface area (TPSA) is 213 Å². The first-order valence-corrected chi connectivity index (χ1v) is 9.70. The van der Waals surface area contributed by atoms with Gasteiger partial charge in [-0.1, -0.05) is 5.56 Å². The molecule has 12 heteroatoms. The van der Waals surface area contributed by atoms with Gasteiger partial charge in [0.2, 0.25) is 5.76 Å². The van der Waals surface area contributed by atoms with Gasteiger partial charge in [0, 0.05) is 11.5 Å². The van der Waals surface area contributed by atoms with Gasteiger partial charge in [-0.3, -0.25) is 4.74 Å². The maximum absolute atomic E-state index is 10.3. The van der Waals surface area contributed by atoms with Gasteiger partial charge in [0.1, 0.15) is 29.8 Å². The number of ether oxygens (including phenoxy) is 3. The molecular formula is C21H22O12. The van der Waals surface area contributed by atoms with Crippen LogP contribution >= 0.6 is 0 Å². The van der Waals surface area contributed by atoms with Crippen LogP contribution in [0, 0.1) is 6.42 Å². The average molecular weight is 466 g/mol. The quantitative estimate of drug-likeness (QED) is 0.149. The number of aliphatic hydroxyl groups is 6. The van der Waals surface area contributed by atoms with E-state index in [0.717, 1.165) is 18.2 Å². The molecule has 10 N–H and O–H groups in total. The standard InChI is InChI=1S/C21H21O12/c22-6-15-17(28)18(29)19(30)21(33-15)32-14-5-9-10(24)3-8(23)4-13(9)31-20(14)7-1-11(25)16(27)12(26)2-7/h1-5,15,17-19,21-30H,6H2/q-1/p+1/t15-,17-,18+,19-,21-/m1/s1. The fraction of sp³-hybridized carbons (Fsp3) is 0.286. The second-order valence-electron chi connectivity index (χ2n) is 7.55. The maximum atomic E-state index is 10.3. The molecule has 0 aromatic heterocycles. The molecule has 2 aromatic carbocycles. The summed E-state index contributed by atoms with van der Waals surface area (Å²) in [5.41, 5.74) is 0.1000. The Kier molecular flexibility index (Phi) is 5.78. The largest absolute Gasteiger partial charge is 0.569 e. The Bertz CT molecular complexity index is 1070. The highest BCUT2D eigenvalue weighted by atomic mass is 16.7. The summed E-state index contributed by atoms with van der Waals surface area (Å²) in [7, 11) is 0. The Morgan fingerprint density at radius 2 is 1.52 bits per heavy atom. The number of aromatic hydroxyl groups is 5. The van der Waals surface area contributed by atoms with E-state index in [-0.39, 0.29) is 39.9 Å². The second-order valence-corrected chi connectivity index (χ2v) is 7.55. The van der Waals surface area contributed by atoms with Crippen molar-refractivity contribution in [3.8, 4) is 34.5 Å². The lowest BCUT2D eigenvalue weighted by Gasteiger charge is -2.39.